The molecule has 0 aliphatic heterocycles. The molecular weight excluding hydrogens is 184 g/mol. The number of hydrogen-bond acceptors (Lipinski definition) is 2. The number of urea groups is 1. The number of hydrogen-bond donors (Lipinski definition) is 2. The first-order chi connectivity index (χ1) is 6.40. The van der Waals surface area contributed by atoms with E-state index in [-0.39, 0.29) is 12.1 Å². The number of carbonyl (C=O) groups is 2. The summed E-state index contributed by atoms with van der Waals surface area (Å²) < 4.78 is 0. The number of amides is 2. The van der Waals surface area contributed by atoms with Gasteiger partial charge in [-0.1, -0.05) is 6.92 Å². The predicted octanol–water partition coefficient (Wildman–Crippen LogP) is 0.899. The molecule has 0 bridgehead atoms. The van der Waals surface area contributed by atoms with Gasteiger partial charge in [0.05, 0.1) is 0 Å². The highest BCUT2D eigenvalue weighted by Gasteiger charge is 2.24. The van der Waals surface area contributed by atoms with E-state index in [2.05, 4.69) is 5.32 Å². The molecule has 1 atom stereocenters. The molecule has 0 radical (unpaired) electrons. The maximum absolute atomic E-state index is 11.4. The molecule has 0 aromatic heterocycles. The summed E-state index contributed by atoms with van der Waals surface area (Å²) in [5, 5.41) is 11.4. The highest BCUT2D eigenvalue weighted by atomic mass is 16.4. The third-order valence-corrected chi connectivity index (χ3v) is 1.87. The quantitative estimate of drug-likeness (QED) is 0.711. The van der Waals surface area contributed by atoms with Crippen LogP contribution in [0.25, 0.3) is 0 Å². The summed E-state index contributed by atoms with van der Waals surface area (Å²) in [5.74, 6) is -0.978. The molecule has 14 heavy (non-hydrogen) atoms. The summed E-state index contributed by atoms with van der Waals surface area (Å²) >= 11 is 0. The average molecular weight is 202 g/mol. The van der Waals surface area contributed by atoms with Crippen LogP contribution >= 0.6 is 0 Å². The van der Waals surface area contributed by atoms with Gasteiger partial charge in [0, 0.05) is 13.1 Å². The molecule has 0 aliphatic rings. The van der Waals surface area contributed by atoms with Gasteiger partial charge < -0.3 is 15.3 Å². The monoisotopic (exact) mass is 202 g/mol. The Balaban J connectivity index is 4.34. The minimum Gasteiger partial charge on any atom is -0.480 e. The third kappa shape index (κ3) is 3.64. The average Bonchev–Trinajstić information content (AvgIpc) is 2.03. The normalized spacial score (nSPS) is 12.4. The second-order valence-corrected chi connectivity index (χ2v) is 3.48. The van der Waals surface area contributed by atoms with Crippen LogP contribution in [0.4, 0.5) is 4.79 Å². The Bertz CT molecular complexity index is 216. The smallest absolute Gasteiger partial charge is 0.326 e. The van der Waals surface area contributed by atoms with Gasteiger partial charge in [0.2, 0.25) is 0 Å². The standard InChI is InChI=1S/C9H18N2O3/c1-5-7(8(12)13)11(4)9(14)10-6(2)3/h6-7H,5H2,1-4H3,(H,10,14)(H,12,13). The summed E-state index contributed by atoms with van der Waals surface area (Å²) in [6.45, 7) is 5.39. The zero-order valence-electron chi connectivity index (χ0n) is 9.07. The van der Waals surface area contributed by atoms with Crippen molar-refractivity contribution in [3.05, 3.63) is 0 Å². The van der Waals surface area contributed by atoms with Crippen molar-refractivity contribution < 1.29 is 14.7 Å². The Morgan fingerprint density at radius 1 is 1.43 bits per heavy atom. The van der Waals surface area contributed by atoms with Crippen molar-refractivity contribution in [2.75, 3.05) is 7.05 Å². The van der Waals surface area contributed by atoms with Gasteiger partial charge in [-0.2, -0.15) is 0 Å². The molecular formula is C9H18N2O3. The minimum atomic E-state index is -0.978. The molecule has 82 valence electrons. The van der Waals surface area contributed by atoms with E-state index < -0.39 is 12.0 Å². The number of carbonyl (C=O) groups excluding carboxylic acids is 1. The van der Waals surface area contributed by atoms with Gasteiger partial charge in [-0.3, -0.25) is 0 Å². The molecule has 0 spiro atoms. The van der Waals surface area contributed by atoms with Crippen LogP contribution in [0.5, 0.6) is 0 Å². The molecule has 0 aliphatic carbocycles. The van der Waals surface area contributed by atoms with Crippen molar-refractivity contribution in [2.45, 2.75) is 39.3 Å². The molecule has 0 fully saturated rings. The lowest BCUT2D eigenvalue weighted by Gasteiger charge is -2.25. The Morgan fingerprint density at radius 2 is 1.93 bits per heavy atom. The van der Waals surface area contributed by atoms with Crippen LogP contribution in [0.2, 0.25) is 0 Å². The Labute approximate surface area is 84.1 Å². The summed E-state index contributed by atoms with van der Waals surface area (Å²) in [4.78, 5) is 23.4. The highest BCUT2D eigenvalue weighted by Crippen LogP contribution is 2.02. The van der Waals surface area contributed by atoms with Gasteiger partial charge in [-0.25, -0.2) is 9.59 Å². The fourth-order valence-corrected chi connectivity index (χ4v) is 1.10. The number of carboxylic acids is 1. The molecule has 0 aromatic carbocycles. The zero-order chi connectivity index (χ0) is 11.3. The van der Waals surface area contributed by atoms with E-state index in [9.17, 15) is 9.59 Å². The number of rotatable bonds is 4. The number of likely N-dealkylation sites (N-methyl/N-ethyl adjacent to an activating group) is 1. The molecule has 2 N–H and O–H groups in total. The van der Waals surface area contributed by atoms with Crippen LogP contribution in [0.3, 0.4) is 0 Å². The summed E-state index contributed by atoms with van der Waals surface area (Å²) in [6.07, 6.45) is 0.400. The van der Waals surface area contributed by atoms with E-state index in [1.807, 2.05) is 13.8 Å². The first kappa shape index (κ1) is 12.7. The van der Waals surface area contributed by atoms with Gasteiger partial charge in [0.25, 0.3) is 0 Å². The number of nitrogens with one attached hydrogen (secondary N) is 1. The Kier molecular flexibility index (Phi) is 4.97. The van der Waals surface area contributed by atoms with E-state index >= 15 is 0 Å². The summed E-state index contributed by atoms with van der Waals surface area (Å²) in [6, 6.07) is -1.10. The molecule has 5 nitrogen and oxygen atoms in total. The maximum atomic E-state index is 11.4. The molecule has 1 unspecified atom stereocenters. The fourth-order valence-electron chi connectivity index (χ4n) is 1.10. The third-order valence-electron chi connectivity index (χ3n) is 1.87. The van der Waals surface area contributed by atoms with Crippen molar-refractivity contribution in [2.24, 2.45) is 0 Å². The minimum absolute atomic E-state index is 0.0104. The van der Waals surface area contributed by atoms with Crippen LogP contribution in [-0.2, 0) is 4.79 Å². The summed E-state index contributed by atoms with van der Waals surface area (Å²) in [5.41, 5.74) is 0. The van der Waals surface area contributed by atoms with Crippen LogP contribution in [0.15, 0.2) is 0 Å². The molecule has 0 saturated heterocycles. The fraction of sp³-hybridized carbons (Fsp3) is 0.778. The SMILES string of the molecule is CCC(C(=O)O)N(C)C(=O)NC(C)C. The van der Waals surface area contributed by atoms with Crippen LogP contribution in [0.1, 0.15) is 27.2 Å². The Hall–Kier alpha value is -1.26. The summed E-state index contributed by atoms with van der Waals surface area (Å²) in [7, 11) is 1.49. The lowest BCUT2D eigenvalue weighted by molar-refractivity contribution is -0.141. The Morgan fingerprint density at radius 3 is 2.21 bits per heavy atom. The predicted molar refractivity (Wildman–Crippen MR) is 53.1 cm³/mol. The maximum Gasteiger partial charge on any atom is 0.326 e. The molecule has 2 amide bonds. The van der Waals surface area contributed by atoms with E-state index in [4.69, 9.17) is 5.11 Å². The van der Waals surface area contributed by atoms with Gasteiger partial charge in [-0.15, -0.1) is 0 Å². The van der Waals surface area contributed by atoms with E-state index in [0.29, 0.717) is 6.42 Å². The number of carboxylic acid groups (broad SMARTS) is 1. The lowest BCUT2D eigenvalue weighted by Crippen LogP contribution is -2.48. The number of nitrogens with zero attached hydrogens (tertiary/aromatic N) is 1. The second kappa shape index (κ2) is 5.47. The van der Waals surface area contributed by atoms with Crippen molar-refractivity contribution in [3.8, 4) is 0 Å². The molecule has 0 rings (SSSR count). The largest absolute Gasteiger partial charge is 0.480 e. The van der Waals surface area contributed by atoms with E-state index in [1.54, 1.807) is 6.92 Å². The van der Waals surface area contributed by atoms with Crippen molar-refractivity contribution in [1.82, 2.24) is 10.2 Å². The van der Waals surface area contributed by atoms with Gasteiger partial charge in [0.1, 0.15) is 6.04 Å². The number of aliphatic carboxylic acids is 1. The molecule has 5 heteroatoms. The van der Waals surface area contributed by atoms with Crippen LogP contribution in [-0.4, -0.2) is 41.1 Å². The van der Waals surface area contributed by atoms with Crippen LogP contribution in [0, 0.1) is 0 Å². The lowest BCUT2D eigenvalue weighted by atomic mass is 10.2. The van der Waals surface area contributed by atoms with Gasteiger partial charge in [0.15, 0.2) is 0 Å². The van der Waals surface area contributed by atoms with E-state index in [0.717, 1.165) is 0 Å². The van der Waals surface area contributed by atoms with E-state index in [1.165, 1.54) is 11.9 Å². The van der Waals surface area contributed by atoms with Crippen molar-refractivity contribution >= 4 is 12.0 Å². The van der Waals surface area contributed by atoms with Crippen molar-refractivity contribution in [3.63, 3.8) is 0 Å². The molecule has 0 saturated carbocycles. The van der Waals surface area contributed by atoms with Gasteiger partial charge in [-0.05, 0) is 20.3 Å². The molecule has 0 heterocycles. The van der Waals surface area contributed by atoms with Gasteiger partial charge >= 0.3 is 12.0 Å². The first-order valence-corrected chi connectivity index (χ1v) is 4.66. The topological polar surface area (TPSA) is 69.6 Å². The highest BCUT2D eigenvalue weighted by molar-refractivity contribution is 5.82. The van der Waals surface area contributed by atoms with Crippen molar-refractivity contribution in [1.29, 1.82) is 0 Å². The molecule has 0 aromatic rings. The first-order valence-electron chi connectivity index (χ1n) is 4.66. The van der Waals surface area contributed by atoms with Crippen LogP contribution < -0.4 is 5.32 Å². The second-order valence-electron chi connectivity index (χ2n) is 3.48. The zero-order valence-corrected chi connectivity index (χ0v) is 9.07.